The predicted octanol–water partition coefficient (Wildman–Crippen LogP) is 4.90. The molecule has 3 aromatic heterocycles. The normalized spacial score (nSPS) is 23.5. The van der Waals surface area contributed by atoms with Gasteiger partial charge in [-0.15, -0.1) is 0 Å². The summed E-state index contributed by atoms with van der Waals surface area (Å²) in [5, 5.41) is 7.05. The van der Waals surface area contributed by atoms with E-state index in [1.54, 1.807) is 29.4 Å². The van der Waals surface area contributed by atoms with Crippen LogP contribution in [0.3, 0.4) is 0 Å². The minimum Gasteiger partial charge on any atom is -0.467 e. The number of alkyl halides is 3. The van der Waals surface area contributed by atoms with Gasteiger partial charge in [0.1, 0.15) is 17.1 Å². The zero-order chi connectivity index (χ0) is 22.3. The van der Waals surface area contributed by atoms with Gasteiger partial charge in [0.15, 0.2) is 6.04 Å². The number of anilines is 1. The van der Waals surface area contributed by atoms with Crippen molar-refractivity contribution in [3.63, 3.8) is 0 Å². The van der Waals surface area contributed by atoms with Crippen LogP contribution >= 0.6 is 0 Å². The number of nitrogens with one attached hydrogen (secondary N) is 1. The third kappa shape index (κ3) is 3.63. The third-order valence-corrected chi connectivity index (χ3v) is 6.19. The minimum atomic E-state index is -4.52. The van der Waals surface area contributed by atoms with Crippen LogP contribution in [0.25, 0.3) is 0 Å². The molecule has 0 bridgehead atoms. The highest BCUT2D eigenvalue weighted by Crippen LogP contribution is 2.45. The summed E-state index contributed by atoms with van der Waals surface area (Å²) in [4.78, 5) is 19.5. The van der Waals surface area contributed by atoms with Crippen molar-refractivity contribution in [3.05, 3.63) is 66.0 Å². The molecular weight excluding hydrogens is 423 g/mol. The number of fused-ring (bicyclic) bond motifs is 1. The fraction of sp³-hybridized carbons (Fsp3) is 0.409. The molecule has 7 nitrogen and oxygen atoms in total. The maximum Gasteiger partial charge on any atom is 0.410 e. The largest absolute Gasteiger partial charge is 0.467 e. The van der Waals surface area contributed by atoms with Gasteiger partial charge in [-0.25, -0.2) is 4.68 Å². The number of carbonyl (C=O) groups is 1. The van der Waals surface area contributed by atoms with Crippen molar-refractivity contribution in [1.82, 2.24) is 19.7 Å². The van der Waals surface area contributed by atoms with Crippen molar-refractivity contribution >= 4 is 11.7 Å². The van der Waals surface area contributed by atoms with Crippen LogP contribution in [-0.4, -0.2) is 38.3 Å². The number of aromatic nitrogens is 3. The number of piperidine rings is 1. The molecule has 1 N–H and O–H groups in total. The van der Waals surface area contributed by atoms with Crippen LogP contribution in [-0.2, 0) is 0 Å². The fourth-order valence-electron chi connectivity index (χ4n) is 4.64. The Morgan fingerprint density at radius 1 is 1.19 bits per heavy atom. The highest BCUT2D eigenvalue weighted by Gasteiger charge is 2.48. The SMILES string of the molecule is O=C(c1cnn2c1N[C@H](c1ccco1)C[C@@H]2C(F)(F)F)N1CCCC[C@@H]1c1cccnc1. The Morgan fingerprint density at radius 3 is 2.78 bits per heavy atom. The molecule has 1 fully saturated rings. The molecule has 0 aromatic carbocycles. The van der Waals surface area contributed by atoms with E-state index in [9.17, 15) is 18.0 Å². The van der Waals surface area contributed by atoms with Gasteiger partial charge < -0.3 is 14.6 Å². The van der Waals surface area contributed by atoms with Crippen molar-refractivity contribution in [3.8, 4) is 0 Å². The molecule has 0 unspecified atom stereocenters. The molecule has 1 saturated heterocycles. The molecule has 5 rings (SSSR count). The lowest BCUT2D eigenvalue weighted by atomic mass is 9.95. The van der Waals surface area contributed by atoms with Gasteiger partial charge in [-0.05, 0) is 43.0 Å². The van der Waals surface area contributed by atoms with Crippen LogP contribution in [0.1, 0.15) is 65.5 Å². The molecule has 1 amide bonds. The zero-order valence-electron chi connectivity index (χ0n) is 17.1. The first-order valence-corrected chi connectivity index (χ1v) is 10.6. The summed E-state index contributed by atoms with van der Waals surface area (Å²) in [5.74, 6) is 0.116. The highest BCUT2D eigenvalue weighted by atomic mass is 19.4. The lowest BCUT2D eigenvalue weighted by molar-refractivity contribution is -0.174. The molecule has 10 heteroatoms. The molecule has 0 aliphatic carbocycles. The Kier molecular flexibility index (Phi) is 5.15. The van der Waals surface area contributed by atoms with Crippen LogP contribution in [0.5, 0.6) is 0 Å². The van der Waals surface area contributed by atoms with Gasteiger partial charge in [0, 0.05) is 25.4 Å². The Balaban J connectivity index is 1.51. The number of hydrogen-bond acceptors (Lipinski definition) is 5. The monoisotopic (exact) mass is 445 g/mol. The van der Waals surface area contributed by atoms with E-state index in [1.807, 2.05) is 12.1 Å². The molecule has 3 aromatic rings. The highest BCUT2D eigenvalue weighted by molar-refractivity contribution is 5.99. The molecule has 5 heterocycles. The lowest BCUT2D eigenvalue weighted by Crippen LogP contribution is -2.40. The molecule has 0 radical (unpaired) electrons. The van der Waals surface area contributed by atoms with Gasteiger partial charge in [0.25, 0.3) is 5.91 Å². The summed E-state index contributed by atoms with van der Waals surface area (Å²) in [7, 11) is 0. The first kappa shape index (κ1) is 20.6. The maximum atomic E-state index is 13.9. The van der Waals surface area contributed by atoms with E-state index < -0.39 is 18.3 Å². The van der Waals surface area contributed by atoms with Crippen molar-refractivity contribution in [1.29, 1.82) is 0 Å². The Hall–Kier alpha value is -3.30. The number of nitrogens with zero attached hydrogens (tertiary/aromatic N) is 4. The first-order valence-electron chi connectivity index (χ1n) is 10.6. The van der Waals surface area contributed by atoms with E-state index in [0.29, 0.717) is 12.3 Å². The Bertz CT molecular complexity index is 1080. The predicted molar refractivity (Wildman–Crippen MR) is 109 cm³/mol. The number of pyridine rings is 1. The zero-order valence-corrected chi connectivity index (χ0v) is 17.1. The molecule has 0 spiro atoms. The number of hydrogen-bond donors (Lipinski definition) is 1. The van der Waals surface area contributed by atoms with E-state index in [0.717, 1.165) is 29.5 Å². The van der Waals surface area contributed by atoms with Crippen molar-refractivity contribution in [2.24, 2.45) is 0 Å². The van der Waals surface area contributed by atoms with Crippen molar-refractivity contribution < 1.29 is 22.4 Å². The maximum absolute atomic E-state index is 13.9. The summed E-state index contributed by atoms with van der Waals surface area (Å²) in [6, 6.07) is 4.24. The summed E-state index contributed by atoms with van der Waals surface area (Å²) >= 11 is 0. The topological polar surface area (TPSA) is 76.2 Å². The Labute approximate surface area is 182 Å². The Morgan fingerprint density at radius 2 is 2.06 bits per heavy atom. The molecule has 0 saturated carbocycles. The van der Waals surface area contributed by atoms with E-state index in [4.69, 9.17) is 4.42 Å². The summed E-state index contributed by atoms with van der Waals surface area (Å²) in [6.07, 6.45) is 3.83. The smallest absolute Gasteiger partial charge is 0.410 e. The molecule has 3 atom stereocenters. The lowest BCUT2D eigenvalue weighted by Gasteiger charge is -2.37. The van der Waals surface area contributed by atoms with Gasteiger partial charge in [-0.1, -0.05) is 6.07 Å². The molecule has 2 aliphatic rings. The van der Waals surface area contributed by atoms with Gasteiger partial charge in [0.2, 0.25) is 0 Å². The average molecular weight is 445 g/mol. The van der Waals surface area contributed by atoms with Crippen LogP contribution < -0.4 is 5.32 Å². The second-order valence-electron chi connectivity index (χ2n) is 8.15. The van der Waals surface area contributed by atoms with E-state index in [1.165, 1.54) is 12.5 Å². The molecule has 32 heavy (non-hydrogen) atoms. The average Bonchev–Trinajstić information content (AvgIpc) is 3.48. The van der Waals surface area contributed by atoms with Crippen molar-refractivity contribution in [2.45, 2.75) is 50.0 Å². The first-order chi connectivity index (χ1) is 15.4. The number of amides is 1. The number of carbonyl (C=O) groups excluding carboxylic acids is 1. The van der Waals surface area contributed by atoms with Crippen LogP contribution in [0, 0.1) is 0 Å². The number of rotatable bonds is 3. The number of furan rings is 1. The van der Waals surface area contributed by atoms with Crippen LogP contribution in [0.4, 0.5) is 19.0 Å². The number of likely N-dealkylation sites (tertiary alicyclic amines) is 1. The summed E-state index contributed by atoms with van der Waals surface area (Å²) in [6.45, 7) is 0.521. The van der Waals surface area contributed by atoms with Crippen LogP contribution in [0.15, 0.2) is 53.5 Å². The minimum absolute atomic E-state index is 0.0699. The summed E-state index contributed by atoms with van der Waals surface area (Å²) in [5.41, 5.74) is 1.04. The molecule has 2 aliphatic heterocycles. The van der Waals surface area contributed by atoms with Gasteiger partial charge >= 0.3 is 6.18 Å². The number of halogens is 3. The van der Waals surface area contributed by atoms with Crippen LogP contribution in [0.2, 0.25) is 0 Å². The molecular formula is C22H22F3N5O2. The third-order valence-electron chi connectivity index (χ3n) is 6.19. The van der Waals surface area contributed by atoms with Crippen molar-refractivity contribution in [2.75, 3.05) is 11.9 Å². The van der Waals surface area contributed by atoms with Gasteiger partial charge in [0.05, 0.1) is 24.5 Å². The second kappa shape index (κ2) is 7.99. The second-order valence-corrected chi connectivity index (χ2v) is 8.15. The van der Waals surface area contributed by atoms with E-state index in [-0.39, 0.29) is 29.8 Å². The van der Waals surface area contributed by atoms with Gasteiger partial charge in [-0.2, -0.15) is 18.3 Å². The van der Waals surface area contributed by atoms with Gasteiger partial charge in [-0.3, -0.25) is 9.78 Å². The standard InChI is InChI=1S/C22H22F3N5O2/c23-22(24,25)19-11-16(18-7-4-10-32-18)28-20-15(13-27-30(19)20)21(31)29-9-2-1-6-17(29)14-5-3-8-26-12-14/h3-5,7-8,10,12-13,16-17,19,28H,1-2,6,9,11H2/t16-,17+,19+/m0/s1. The summed E-state index contributed by atoms with van der Waals surface area (Å²) < 4.78 is 47.8. The fourth-order valence-corrected chi connectivity index (χ4v) is 4.64. The van der Waals surface area contributed by atoms with E-state index >= 15 is 0 Å². The quantitative estimate of drug-likeness (QED) is 0.621. The molecule has 168 valence electrons. The van der Waals surface area contributed by atoms with E-state index in [2.05, 4.69) is 15.4 Å².